The van der Waals surface area contributed by atoms with Crippen molar-refractivity contribution in [3.63, 3.8) is 0 Å². The molecule has 0 radical (unpaired) electrons. The van der Waals surface area contributed by atoms with E-state index in [-0.39, 0.29) is 10.8 Å². The summed E-state index contributed by atoms with van der Waals surface area (Å²) in [6.45, 7) is 13.6. The van der Waals surface area contributed by atoms with Gasteiger partial charge in [-0.15, -0.1) is 0 Å². The molecule has 0 atom stereocenters. The van der Waals surface area contributed by atoms with E-state index in [2.05, 4.69) is 282 Å². The molecule has 0 saturated heterocycles. The predicted molar refractivity (Wildman–Crippen MR) is 275 cm³/mol. The van der Waals surface area contributed by atoms with Crippen LogP contribution in [0.1, 0.15) is 52.7 Å². The molecule has 314 valence electrons. The molecule has 9 aromatic rings. The summed E-state index contributed by atoms with van der Waals surface area (Å²) in [5.41, 5.74) is 19.0. The molecule has 0 bridgehead atoms. The van der Waals surface area contributed by atoms with Crippen LogP contribution in [-0.4, -0.2) is 0 Å². The Hall–Kier alpha value is -7.42. The lowest BCUT2D eigenvalue weighted by Gasteiger charge is -2.29. The largest absolute Gasteiger partial charge is 0.310 e. The molecule has 0 aliphatic heterocycles. The average molecular weight is 829 g/mol. The Morgan fingerprint density at radius 2 is 0.484 bits per heavy atom. The van der Waals surface area contributed by atoms with E-state index >= 15 is 0 Å². The van der Waals surface area contributed by atoms with E-state index < -0.39 is 0 Å². The normalized spacial score (nSPS) is 11.6. The second-order valence-electron chi connectivity index (χ2n) is 18.7. The van der Waals surface area contributed by atoms with Crippen LogP contribution in [-0.2, 0) is 10.8 Å². The van der Waals surface area contributed by atoms with Gasteiger partial charge in [-0.3, -0.25) is 0 Å². The van der Waals surface area contributed by atoms with Gasteiger partial charge in [-0.2, -0.15) is 0 Å². The lowest BCUT2D eigenvalue weighted by atomic mass is 9.87. The van der Waals surface area contributed by atoms with Crippen LogP contribution in [0.2, 0.25) is 0 Å². The van der Waals surface area contributed by atoms with Gasteiger partial charge in [-0.25, -0.2) is 0 Å². The molecule has 0 N–H and O–H groups in total. The second-order valence-corrected chi connectivity index (χ2v) is 18.7. The van der Waals surface area contributed by atoms with Gasteiger partial charge in [0.05, 0.1) is 11.4 Å². The minimum atomic E-state index is 0.0715. The molecule has 0 amide bonds. The number of hydrogen-bond donors (Lipinski definition) is 0. The van der Waals surface area contributed by atoms with E-state index in [9.17, 15) is 0 Å². The maximum Gasteiger partial charge on any atom is 0.0540 e. The minimum Gasteiger partial charge on any atom is -0.310 e. The molecular formula is C62H56N2. The fraction of sp³-hybridized carbons (Fsp3) is 0.129. The Bertz CT molecular complexity index is 2730. The number of para-hydroxylation sites is 2. The Morgan fingerprint density at radius 1 is 0.234 bits per heavy atom. The topological polar surface area (TPSA) is 6.48 Å². The van der Waals surface area contributed by atoms with Crippen molar-refractivity contribution in [2.24, 2.45) is 0 Å². The summed E-state index contributed by atoms with van der Waals surface area (Å²) in [6, 6.07) is 83.8. The molecule has 64 heavy (non-hydrogen) atoms. The molecule has 0 saturated carbocycles. The molecule has 0 unspecified atom stereocenters. The van der Waals surface area contributed by atoms with Crippen LogP contribution < -0.4 is 9.80 Å². The van der Waals surface area contributed by atoms with E-state index in [1.54, 1.807) is 0 Å². The third-order valence-corrected chi connectivity index (χ3v) is 12.2. The Labute approximate surface area is 380 Å². The monoisotopic (exact) mass is 828 g/mol. The Balaban J connectivity index is 1.01. The molecule has 9 aromatic carbocycles. The Kier molecular flexibility index (Phi) is 11.6. The van der Waals surface area contributed by atoms with Gasteiger partial charge in [0, 0.05) is 33.9 Å². The maximum atomic E-state index is 2.38. The number of anilines is 6. The summed E-state index contributed by atoms with van der Waals surface area (Å²) in [4.78, 5) is 4.77. The minimum absolute atomic E-state index is 0.0715. The third kappa shape index (κ3) is 8.91. The first-order valence-corrected chi connectivity index (χ1v) is 22.4. The van der Waals surface area contributed by atoms with Crippen molar-refractivity contribution in [3.8, 4) is 44.5 Å². The molecule has 0 fully saturated rings. The number of hydrogen-bond acceptors (Lipinski definition) is 2. The SMILES string of the molecule is CC(C)(C)c1ccc(N(c2ccc(-c3ccc(-c4ccc(N(c5ccc(C(C)(C)C)cc5)c5ccccc5-c5ccccc5)cc4)cc3)cc2)c2ccccc2-c2ccccc2)cc1. The summed E-state index contributed by atoms with van der Waals surface area (Å²) >= 11 is 0. The van der Waals surface area contributed by atoms with Gasteiger partial charge in [0.2, 0.25) is 0 Å². The number of rotatable bonds is 10. The van der Waals surface area contributed by atoms with Crippen molar-refractivity contribution in [2.75, 3.05) is 9.80 Å². The van der Waals surface area contributed by atoms with Crippen molar-refractivity contribution in [2.45, 2.75) is 52.4 Å². The molecule has 0 heterocycles. The van der Waals surface area contributed by atoms with Gasteiger partial charge in [-0.05, 0) is 116 Å². The van der Waals surface area contributed by atoms with Crippen LogP contribution in [0.3, 0.4) is 0 Å². The maximum absolute atomic E-state index is 2.38. The smallest absolute Gasteiger partial charge is 0.0540 e. The highest BCUT2D eigenvalue weighted by molar-refractivity contribution is 5.90. The van der Waals surface area contributed by atoms with E-state index in [1.807, 2.05) is 0 Å². The molecular weight excluding hydrogens is 773 g/mol. The van der Waals surface area contributed by atoms with Crippen LogP contribution in [0, 0.1) is 0 Å². The zero-order valence-electron chi connectivity index (χ0n) is 37.8. The summed E-state index contributed by atoms with van der Waals surface area (Å²) in [5, 5.41) is 0. The highest BCUT2D eigenvalue weighted by Gasteiger charge is 2.21. The van der Waals surface area contributed by atoms with Crippen LogP contribution in [0.4, 0.5) is 34.1 Å². The van der Waals surface area contributed by atoms with Crippen molar-refractivity contribution >= 4 is 34.1 Å². The van der Waals surface area contributed by atoms with Crippen molar-refractivity contribution in [3.05, 3.63) is 242 Å². The molecule has 0 aliphatic rings. The molecule has 9 rings (SSSR count). The predicted octanol–water partition coefficient (Wildman–Crippen LogP) is 17.9. The van der Waals surface area contributed by atoms with Crippen LogP contribution in [0.15, 0.2) is 231 Å². The van der Waals surface area contributed by atoms with Crippen molar-refractivity contribution in [1.82, 2.24) is 0 Å². The fourth-order valence-electron chi connectivity index (χ4n) is 8.60. The zero-order chi connectivity index (χ0) is 44.3. The second kappa shape index (κ2) is 17.8. The quantitative estimate of drug-likeness (QED) is 0.135. The number of nitrogens with zero attached hydrogens (tertiary/aromatic N) is 2. The van der Waals surface area contributed by atoms with Gasteiger partial charge < -0.3 is 9.80 Å². The summed E-state index contributed by atoms with van der Waals surface area (Å²) in [7, 11) is 0. The molecule has 2 nitrogen and oxygen atoms in total. The average Bonchev–Trinajstić information content (AvgIpc) is 3.33. The standard InChI is InChI=1S/C62H56N2/c1-61(2,3)51-33-41-55(42-34-51)63(59-23-15-13-21-57(59)49-17-9-7-10-18-49)53-37-29-47(30-38-53)45-25-27-46(28-26-45)48-31-39-54(40-32-48)64(56-43-35-52(36-44-56)62(4,5)6)60-24-16-14-22-58(60)50-19-11-8-12-20-50/h7-44H,1-6H3. The van der Waals surface area contributed by atoms with E-state index in [0.717, 1.165) is 34.1 Å². The molecule has 2 heteroatoms. The highest BCUT2D eigenvalue weighted by atomic mass is 15.1. The van der Waals surface area contributed by atoms with E-state index in [1.165, 1.54) is 55.6 Å². The van der Waals surface area contributed by atoms with Crippen molar-refractivity contribution in [1.29, 1.82) is 0 Å². The molecule has 0 aromatic heterocycles. The van der Waals surface area contributed by atoms with Gasteiger partial charge >= 0.3 is 0 Å². The highest BCUT2D eigenvalue weighted by Crippen LogP contribution is 2.44. The van der Waals surface area contributed by atoms with Gasteiger partial charge in [0.25, 0.3) is 0 Å². The fourth-order valence-corrected chi connectivity index (χ4v) is 8.60. The number of benzene rings is 9. The first-order chi connectivity index (χ1) is 31.0. The van der Waals surface area contributed by atoms with Crippen LogP contribution in [0.5, 0.6) is 0 Å². The van der Waals surface area contributed by atoms with Gasteiger partial charge in [0.15, 0.2) is 0 Å². The molecule has 0 spiro atoms. The van der Waals surface area contributed by atoms with Crippen LogP contribution >= 0.6 is 0 Å². The summed E-state index contributed by atoms with van der Waals surface area (Å²) < 4.78 is 0. The van der Waals surface area contributed by atoms with E-state index in [4.69, 9.17) is 0 Å². The zero-order valence-corrected chi connectivity index (χ0v) is 37.8. The van der Waals surface area contributed by atoms with Crippen molar-refractivity contribution < 1.29 is 0 Å². The lowest BCUT2D eigenvalue weighted by molar-refractivity contribution is 0.590. The molecule has 0 aliphatic carbocycles. The Morgan fingerprint density at radius 3 is 0.781 bits per heavy atom. The van der Waals surface area contributed by atoms with E-state index in [0.29, 0.717) is 0 Å². The first-order valence-electron chi connectivity index (χ1n) is 22.4. The lowest BCUT2D eigenvalue weighted by Crippen LogP contribution is -2.13. The first kappa shape index (κ1) is 41.9. The van der Waals surface area contributed by atoms with Crippen LogP contribution in [0.25, 0.3) is 44.5 Å². The van der Waals surface area contributed by atoms with Gasteiger partial charge in [0.1, 0.15) is 0 Å². The summed E-state index contributed by atoms with van der Waals surface area (Å²) in [5.74, 6) is 0. The summed E-state index contributed by atoms with van der Waals surface area (Å²) in [6.07, 6.45) is 0. The third-order valence-electron chi connectivity index (χ3n) is 12.2. The van der Waals surface area contributed by atoms with Gasteiger partial charge in [-0.1, -0.05) is 211 Å².